The standard InChI is InChI=1S/C22H35NO6/c1-3-5-10-23(4-2,29-22(25)18-14-16-7-9-20(18)28-16)11-12-26-21(24)17-13-15-6-8-19(17)27-15/h15-20H,2-14H2,1H3/q+1. The van der Waals surface area contributed by atoms with Gasteiger partial charge in [-0.2, -0.15) is 0 Å². The second-order valence-electron chi connectivity index (χ2n) is 9.09. The van der Waals surface area contributed by atoms with Gasteiger partial charge in [-0.1, -0.05) is 13.3 Å². The van der Waals surface area contributed by atoms with Crippen LogP contribution in [-0.4, -0.2) is 67.2 Å². The van der Waals surface area contributed by atoms with E-state index in [0.29, 0.717) is 19.6 Å². The molecule has 0 aliphatic carbocycles. The largest absolute Gasteiger partial charge is 0.459 e. The zero-order valence-corrected chi connectivity index (χ0v) is 17.6. The van der Waals surface area contributed by atoms with Gasteiger partial charge in [0.05, 0.1) is 36.3 Å². The first kappa shape index (κ1) is 21.1. The normalized spacial score (nSPS) is 36.9. The Kier molecular flexibility index (Phi) is 6.47. The van der Waals surface area contributed by atoms with E-state index in [2.05, 4.69) is 13.8 Å². The molecule has 0 aromatic heterocycles. The Balaban J connectivity index is 1.31. The van der Waals surface area contributed by atoms with Crippen molar-refractivity contribution in [3.8, 4) is 0 Å². The van der Waals surface area contributed by atoms with Crippen LogP contribution in [0.15, 0.2) is 0 Å². The van der Waals surface area contributed by atoms with Crippen molar-refractivity contribution < 1.29 is 33.3 Å². The highest BCUT2D eigenvalue weighted by atomic mass is 16.7. The van der Waals surface area contributed by atoms with E-state index in [0.717, 1.165) is 51.4 Å². The van der Waals surface area contributed by atoms with E-state index < -0.39 is 0 Å². The van der Waals surface area contributed by atoms with E-state index in [1.54, 1.807) is 0 Å². The molecular formula is C22H35NO6+. The fourth-order valence-electron chi connectivity index (χ4n) is 5.37. The van der Waals surface area contributed by atoms with Crippen LogP contribution in [0.4, 0.5) is 0 Å². The number of hydrogen-bond donors (Lipinski definition) is 0. The predicted molar refractivity (Wildman–Crippen MR) is 104 cm³/mol. The van der Waals surface area contributed by atoms with Gasteiger partial charge in [0.15, 0.2) is 6.54 Å². The second kappa shape index (κ2) is 8.90. The van der Waals surface area contributed by atoms with Crippen LogP contribution in [0.3, 0.4) is 0 Å². The Labute approximate surface area is 173 Å². The van der Waals surface area contributed by atoms with Crippen molar-refractivity contribution in [3.05, 3.63) is 6.92 Å². The van der Waals surface area contributed by atoms with Crippen LogP contribution in [-0.2, 0) is 28.6 Å². The number of carbonyl (C=O) groups is 2. The van der Waals surface area contributed by atoms with Crippen molar-refractivity contribution in [2.24, 2.45) is 11.8 Å². The van der Waals surface area contributed by atoms with E-state index in [1.807, 2.05) is 0 Å². The van der Waals surface area contributed by atoms with Crippen molar-refractivity contribution in [3.63, 3.8) is 0 Å². The molecule has 1 radical (unpaired) electrons. The number of hydroxylamine groups is 3. The molecule has 4 aliphatic heterocycles. The van der Waals surface area contributed by atoms with Crippen LogP contribution < -0.4 is 0 Å². The van der Waals surface area contributed by atoms with E-state index in [4.69, 9.17) is 19.0 Å². The number of esters is 1. The van der Waals surface area contributed by atoms with E-state index >= 15 is 0 Å². The maximum atomic E-state index is 12.9. The summed E-state index contributed by atoms with van der Waals surface area (Å²) in [6, 6.07) is 0. The molecule has 4 heterocycles. The molecule has 0 spiro atoms. The van der Waals surface area contributed by atoms with E-state index in [-0.39, 0.29) is 59.4 Å². The van der Waals surface area contributed by atoms with Crippen molar-refractivity contribution >= 4 is 11.9 Å². The molecule has 7 nitrogen and oxygen atoms in total. The number of hydrogen-bond acceptors (Lipinski definition) is 6. The van der Waals surface area contributed by atoms with Crippen LogP contribution in [0, 0.1) is 18.8 Å². The molecule has 7 heteroatoms. The zero-order valence-electron chi connectivity index (χ0n) is 17.6. The summed E-state index contributed by atoms with van der Waals surface area (Å²) in [6.45, 7) is 7.92. The summed E-state index contributed by atoms with van der Waals surface area (Å²) in [6.07, 6.45) is 7.88. The first-order chi connectivity index (χ1) is 14.0. The summed E-state index contributed by atoms with van der Waals surface area (Å²) >= 11 is 0. The van der Waals surface area contributed by atoms with Gasteiger partial charge in [-0.15, -0.1) is 4.65 Å². The summed E-state index contributed by atoms with van der Waals surface area (Å²) < 4.78 is 17.3. The Hall–Kier alpha value is -1.18. The quantitative estimate of drug-likeness (QED) is 0.314. The van der Waals surface area contributed by atoms with Crippen molar-refractivity contribution in [2.45, 2.75) is 82.7 Å². The molecular weight excluding hydrogens is 374 g/mol. The van der Waals surface area contributed by atoms with Gasteiger partial charge in [-0.25, -0.2) is 4.79 Å². The van der Waals surface area contributed by atoms with Crippen LogP contribution in [0.2, 0.25) is 0 Å². The lowest BCUT2D eigenvalue weighted by molar-refractivity contribution is -1.09. The number of carbonyl (C=O) groups excluding carboxylic acids is 2. The highest BCUT2D eigenvalue weighted by Gasteiger charge is 2.48. The lowest BCUT2D eigenvalue weighted by Crippen LogP contribution is -2.53. The summed E-state index contributed by atoms with van der Waals surface area (Å²) in [5.41, 5.74) is 0. The second-order valence-corrected chi connectivity index (χ2v) is 9.09. The number of ether oxygens (including phenoxy) is 3. The minimum Gasteiger partial charge on any atom is -0.459 e. The molecule has 4 saturated heterocycles. The fraction of sp³-hybridized carbons (Fsp3) is 0.864. The van der Waals surface area contributed by atoms with Gasteiger partial charge in [0.2, 0.25) is 0 Å². The van der Waals surface area contributed by atoms with Gasteiger partial charge >= 0.3 is 11.9 Å². The van der Waals surface area contributed by atoms with Crippen LogP contribution in [0.25, 0.3) is 0 Å². The minimum absolute atomic E-state index is 0.000933. The number of nitrogens with zero attached hydrogens (tertiary/aromatic N) is 1. The lowest BCUT2D eigenvalue weighted by atomic mass is 9.89. The lowest BCUT2D eigenvalue weighted by Gasteiger charge is -2.35. The third-order valence-electron chi connectivity index (χ3n) is 7.17. The monoisotopic (exact) mass is 409 g/mol. The number of fused-ring (bicyclic) bond motifs is 4. The van der Waals surface area contributed by atoms with Crippen LogP contribution in [0.5, 0.6) is 0 Å². The van der Waals surface area contributed by atoms with Crippen molar-refractivity contribution in [2.75, 3.05) is 26.2 Å². The van der Waals surface area contributed by atoms with Gasteiger partial charge in [0, 0.05) is 13.3 Å². The molecule has 0 aromatic rings. The number of rotatable bonds is 10. The van der Waals surface area contributed by atoms with Gasteiger partial charge in [-0.05, 0) is 38.5 Å². The molecule has 7 unspecified atom stereocenters. The van der Waals surface area contributed by atoms with Crippen LogP contribution in [0.1, 0.15) is 58.3 Å². The average molecular weight is 410 g/mol. The number of quaternary nitrogens is 1. The molecule has 4 aliphatic rings. The third kappa shape index (κ3) is 4.47. The smallest absolute Gasteiger partial charge is 0.372 e. The highest BCUT2D eigenvalue weighted by molar-refractivity contribution is 5.74. The summed E-state index contributed by atoms with van der Waals surface area (Å²) in [4.78, 5) is 31.4. The zero-order chi connectivity index (χ0) is 20.4. The molecule has 0 amide bonds. The van der Waals surface area contributed by atoms with Gasteiger partial charge in [0.1, 0.15) is 19.7 Å². The minimum atomic E-state index is -0.190. The van der Waals surface area contributed by atoms with E-state index in [9.17, 15) is 9.59 Å². The Morgan fingerprint density at radius 2 is 1.59 bits per heavy atom. The van der Waals surface area contributed by atoms with Gasteiger partial charge in [-0.3, -0.25) is 9.63 Å². The SMILES string of the molecule is [CH2]C[N+](CCCC)(CCOC(=O)C1CC2CCC1O2)OC(=O)C1CC2CCC1O2. The van der Waals surface area contributed by atoms with E-state index in [1.165, 1.54) is 0 Å². The average Bonchev–Trinajstić information content (AvgIpc) is 3.52. The molecule has 0 N–H and O–H groups in total. The topological polar surface area (TPSA) is 71.1 Å². The first-order valence-corrected chi connectivity index (χ1v) is 11.4. The van der Waals surface area contributed by atoms with Crippen molar-refractivity contribution in [1.82, 2.24) is 0 Å². The summed E-state index contributed by atoms with van der Waals surface area (Å²) in [5.74, 6) is -0.680. The molecule has 7 atom stereocenters. The molecule has 163 valence electrons. The Morgan fingerprint density at radius 1 is 0.966 bits per heavy atom. The first-order valence-electron chi connectivity index (χ1n) is 11.4. The molecule has 0 saturated carbocycles. The van der Waals surface area contributed by atoms with Crippen molar-refractivity contribution in [1.29, 1.82) is 0 Å². The van der Waals surface area contributed by atoms with Gasteiger partial charge in [0.25, 0.3) is 0 Å². The molecule has 4 rings (SSSR count). The highest BCUT2D eigenvalue weighted by Crippen LogP contribution is 2.40. The maximum Gasteiger partial charge on any atom is 0.372 e. The van der Waals surface area contributed by atoms with Crippen LogP contribution >= 0.6 is 0 Å². The Morgan fingerprint density at radius 3 is 2.07 bits per heavy atom. The third-order valence-corrected chi connectivity index (χ3v) is 7.17. The summed E-state index contributed by atoms with van der Waals surface area (Å²) in [5, 5.41) is 0. The molecule has 0 aromatic carbocycles. The Bertz CT molecular complexity index is 612. The number of unbranched alkanes of at least 4 members (excludes halogenated alkanes) is 1. The van der Waals surface area contributed by atoms with Gasteiger partial charge < -0.3 is 14.2 Å². The molecule has 4 bridgehead atoms. The summed E-state index contributed by atoms with van der Waals surface area (Å²) in [7, 11) is 0. The fourth-order valence-corrected chi connectivity index (χ4v) is 5.37. The molecule has 4 fully saturated rings. The predicted octanol–water partition coefficient (Wildman–Crippen LogP) is 2.57. The maximum absolute atomic E-state index is 12.9. The molecule has 29 heavy (non-hydrogen) atoms.